The molecule has 0 bridgehead atoms. The van der Waals surface area contributed by atoms with E-state index in [9.17, 15) is 9.90 Å². The molecule has 1 fully saturated rings. The maximum absolute atomic E-state index is 11.6. The summed E-state index contributed by atoms with van der Waals surface area (Å²) in [6, 6.07) is 0. The van der Waals surface area contributed by atoms with Gasteiger partial charge in [0.15, 0.2) is 5.82 Å². The van der Waals surface area contributed by atoms with Crippen LogP contribution in [-0.4, -0.2) is 67.2 Å². The lowest BCUT2D eigenvalue weighted by Gasteiger charge is -2.42. The van der Waals surface area contributed by atoms with E-state index in [2.05, 4.69) is 61.8 Å². The maximum atomic E-state index is 11.6. The third kappa shape index (κ3) is 4.97. The third-order valence-electron chi connectivity index (χ3n) is 7.40. The Balaban J connectivity index is 1.82. The highest BCUT2D eigenvalue weighted by atomic mass is 28.4. The van der Waals surface area contributed by atoms with Gasteiger partial charge in [-0.15, -0.1) is 0 Å². The first kappa shape index (κ1) is 26.9. The summed E-state index contributed by atoms with van der Waals surface area (Å²) < 4.78 is 19.3. The lowest BCUT2D eigenvalue weighted by Crippen LogP contribution is -2.49. The minimum atomic E-state index is -2.08. The van der Waals surface area contributed by atoms with Crippen molar-refractivity contribution in [3.05, 3.63) is 12.0 Å². The van der Waals surface area contributed by atoms with Crippen molar-refractivity contribution >= 4 is 31.9 Å². The van der Waals surface area contributed by atoms with Gasteiger partial charge in [-0.3, -0.25) is 9.79 Å². The molecular weight excluding hydrogens is 452 g/mol. The number of nitrogens with one attached hydrogen (secondary N) is 1. The van der Waals surface area contributed by atoms with E-state index in [1.165, 1.54) is 13.3 Å². The van der Waals surface area contributed by atoms with E-state index in [0.717, 1.165) is 0 Å². The lowest BCUT2D eigenvalue weighted by atomic mass is 9.90. The third-order valence-corrected chi connectivity index (χ3v) is 13.4. The summed E-state index contributed by atoms with van der Waals surface area (Å²) in [5.41, 5.74) is 2.57. The van der Waals surface area contributed by atoms with Gasteiger partial charge in [0.25, 0.3) is 0 Å². The van der Waals surface area contributed by atoms with Crippen LogP contribution in [-0.2, 0) is 18.7 Å². The molecule has 0 spiro atoms. The standard InChI is InChI=1S/C24H40N4O5Si/c1-13(2)34(14(3)4,15(5)6)32-12-31-22-16(7)19(10-29)33-23(22)18-9-25-21-20(18)26-11-27-24(21)28-17(8)30/h9,11,13-16,18-19,22-23,29H,10,12H2,1-8H3,(H,26,27,28,30)/t16?,18?,19-,22+,23+/m1/s1. The van der Waals surface area contributed by atoms with Crippen LogP contribution in [0.4, 0.5) is 11.5 Å². The molecule has 10 heteroatoms. The summed E-state index contributed by atoms with van der Waals surface area (Å²) in [5, 5.41) is 12.6. The zero-order valence-electron chi connectivity index (χ0n) is 21.6. The molecule has 2 aliphatic rings. The number of fused-ring (bicyclic) bond motifs is 1. The highest BCUT2D eigenvalue weighted by molar-refractivity contribution is 6.77. The molecule has 1 aromatic heterocycles. The Bertz CT molecular complexity index is 872. The van der Waals surface area contributed by atoms with E-state index in [4.69, 9.17) is 13.9 Å². The number of hydrogen-bond acceptors (Lipinski definition) is 8. The Hall–Kier alpha value is -1.72. The molecule has 0 saturated carbocycles. The summed E-state index contributed by atoms with van der Waals surface area (Å²) in [6.45, 7) is 17.0. The molecule has 1 amide bonds. The summed E-state index contributed by atoms with van der Waals surface area (Å²) in [4.78, 5) is 24.7. The van der Waals surface area contributed by atoms with Gasteiger partial charge in [0.05, 0.1) is 36.5 Å². The zero-order chi connectivity index (χ0) is 25.2. The Labute approximate surface area is 203 Å². The number of anilines is 1. The monoisotopic (exact) mass is 492 g/mol. The minimum absolute atomic E-state index is 0.0408. The van der Waals surface area contributed by atoms with E-state index >= 15 is 0 Å². The summed E-state index contributed by atoms with van der Waals surface area (Å²) in [7, 11) is -2.08. The van der Waals surface area contributed by atoms with Gasteiger partial charge in [-0.1, -0.05) is 48.5 Å². The molecule has 0 aliphatic carbocycles. The second-order valence-electron chi connectivity index (χ2n) is 10.3. The van der Waals surface area contributed by atoms with Gasteiger partial charge in [-0.25, -0.2) is 9.97 Å². The molecule has 190 valence electrons. The molecule has 2 unspecified atom stereocenters. The molecule has 0 aromatic carbocycles. The average molecular weight is 493 g/mol. The lowest BCUT2D eigenvalue weighted by molar-refractivity contribution is -0.114. The highest BCUT2D eigenvalue weighted by Gasteiger charge is 2.49. The fourth-order valence-corrected chi connectivity index (χ4v) is 11.1. The Morgan fingerprint density at radius 2 is 1.82 bits per heavy atom. The van der Waals surface area contributed by atoms with Gasteiger partial charge in [0, 0.05) is 19.1 Å². The smallest absolute Gasteiger partial charge is 0.222 e. The van der Waals surface area contributed by atoms with E-state index < -0.39 is 14.4 Å². The predicted octanol–water partition coefficient (Wildman–Crippen LogP) is 4.17. The van der Waals surface area contributed by atoms with Crippen molar-refractivity contribution in [2.24, 2.45) is 10.9 Å². The molecule has 1 saturated heterocycles. The Kier molecular flexibility index (Phi) is 8.62. The van der Waals surface area contributed by atoms with Gasteiger partial charge in [0.2, 0.25) is 14.2 Å². The number of amides is 1. The first-order valence-corrected chi connectivity index (χ1v) is 14.4. The molecule has 3 rings (SSSR count). The quantitative estimate of drug-likeness (QED) is 0.372. The van der Waals surface area contributed by atoms with Crippen molar-refractivity contribution < 1.29 is 23.8 Å². The number of aliphatic hydroxyl groups is 1. The second kappa shape index (κ2) is 10.9. The van der Waals surface area contributed by atoms with Gasteiger partial charge < -0.3 is 24.3 Å². The zero-order valence-corrected chi connectivity index (χ0v) is 22.6. The van der Waals surface area contributed by atoms with Crippen LogP contribution in [0.5, 0.6) is 0 Å². The van der Waals surface area contributed by atoms with Crippen molar-refractivity contribution in [3.8, 4) is 0 Å². The maximum Gasteiger partial charge on any atom is 0.222 e. The molecule has 34 heavy (non-hydrogen) atoms. The molecule has 2 N–H and O–H groups in total. The average Bonchev–Trinajstić information content (AvgIpc) is 3.31. The Morgan fingerprint density at radius 1 is 1.18 bits per heavy atom. The number of aliphatic imine (C=N–C) groups is 1. The van der Waals surface area contributed by atoms with Crippen LogP contribution in [0.25, 0.3) is 0 Å². The molecule has 9 nitrogen and oxygen atoms in total. The van der Waals surface area contributed by atoms with E-state index in [1.54, 1.807) is 6.21 Å². The van der Waals surface area contributed by atoms with Crippen LogP contribution in [0, 0.1) is 5.92 Å². The first-order chi connectivity index (χ1) is 16.0. The molecule has 3 heterocycles. The minimum Gasteiger partial charge on any atom is -0.394 e. The van der Waals surface area contributed by atoms with Crippen LogP contribution >= 0.6 is 0 Å². The SMILES string of the molecule is CC(=O)Nc1ncnc2c1N=CC2[C@@H]1O[C@H](CO)C(C)[C@@H]1OCO[Si](C(C)C)(C(C)C)C(C)C. The molecule has 0 radical (unpaired) electrons. The number of aromatic nitrogens is 2. The van der Waals surface area contributed by atoms with Gasteiger partial charge >= 0.3 is 0 Å². The number of ether oxygens (including phenoxy) is 2. The van der Waals surface area contributed by atoms with Crippen LogP contribution in [0.2, 0.25) is 16.6 Å². The fourth-order valence-electron chi connectivity index (χ4n) is 5.86. The van der Waals surface area contributed by atoms with Gasteiger partial charge in [0.1, 0.15) is 18.8 Å². The molecular formula is C24H40N4O5Si. The Morgan fingerprint density at radius 3 is 2.38 bits per heavy atom. The number of carbonyl (C=O) groups is 1. The number of nitrogens with zero attached hydrogens (tertiary/aromatic N) is 3. The van der Waals surface area contributed by atoms with E-state index in [-0.39, 0.29) is 43.4 Å². The number of hydrogen-bond donors (Lipinski definition) is 2. The predicted molar refractivity (Wildman–Crippen MR) is 134 cm³/mol. The summed E-state index contributed by atoms with van der Waals surface area (Å²) in [5.74, 6) is -0.168. The van der Waals surface area contributed by atoms with Crippen molar-refractivity contribution in [1.29, 1.82) is 0 Å². The van der Waals surface area contributed by atoms with Crippen LogP contribution < -0.4 is 5.32 Å². The highest BCUT2D eigenvalue weighted by Crippen LogP contribution is 2.45. The fraction of sp³-hybridized carbons (Fsp3) is 0.750. The largest absolute Gasteiger partial charge is 0.394 e. The van der Waals surface area contributed by atoms with Crippen molar-refractivity contribution in [2.75, 3.05) is 18.7 Å². The first-order valence-electron chi connectivity index (χ1n) is 12.2. The van der Waals surface area contributed by atoms with Crippen molar-refractivity contribution in [1.82, 2.24) is 9.97 Å². The summed E-state index contributed by atoms with van der Waals surface area (Å²) in [6.07, 6.45) is 2.13. The van der Waals surface area contributed by atoms with E-state index in [1.807, 2.05) is 6.92 Å². The molecule has 1 aromatic rings. The van der Waals surface area contributed by atoms with Gasteiger partial charge in [-0.2, -0.15) is 0 Å². The summed E-state index contributed by atoms with van der Waals surface area (Å²) >= 11 is 0. The van der Waals surface area contributed by atoms with Crippen LogP contribution in [0.3, 0.4) is 0 Å². The van der Waals surface area contributed by atoms with Crippen LogP contribution in [0.15, 0.2) is 11.3 Å². The van der Waals surface area contributed by atoms with E-state index in [0.29, 0.717) is 33.8 Å². The topological polar surface area (TPSA) is 115 Å². The number of rotatable bonds is 10. The van der Waals surface area contributed by atoms with Crippen LogP contribution in [0.1, 0.15) is 67.0 Å². The molecule has 5 atom stereocenters. The van der Waals surface area contributed by atoms with Crippen molar-refractivity contribution in [2.45, 2.75) is 96.2 Å². The van der Waals surface area contributed by atoms with Gasteiger partial charge in [-0.05, 0) is 16.6 Å². The number of aliphatic hydroxyl groups excluding tert-OH is 1. The number of carbonyl (C=O) groups excluding carboxylic acids is 1. The normalized spacial score (nSPS) is 26.6. The second-order valence-corrected chi connectivity index (χ2v) is 15.8. The van der Waals surface area contributed by atoms with Crippen molar-refractivity contribution in [3.63, 3.8) is 0 Å². The molecule has 2 aliphatic heterocycles.